The fourth-order valence-electron chi connectivity index (χ4n) is 2.51. The Bertz CT molecular complexity index is 794. The maximum Gasteiger partial charge on any atom is 0.248 e. The summed E-state index contributed by atoms with van der Waals surface area (Å²) in [5.74, 6) is 0.0188. The van der Waals surface area contributed by atoms with E-state index in [1.54, 1.807) is 32.0 Å². The van der Waals surface area contributed by atoms with Crippen molar-refractivity contribution in [2.45, 2.75) is 38.0 Å². The molecule has 0 aliphatic carbocycles. The lowest BCUT2D eigenvalue weighted by molar-refractivity contribution is -0.122. The SMILES string of the molecule is CC1(C)Oc2cc3nonc3cc2C(NNC(=O)CC#N)C1O. The highest BCUT2D eigenvalue weighted by Crippen LogP contribution is 2.41. The number of hydrazine groups is 1. The van der Waals surface area contributed by atoms with Crippen LogP contribution in [-0.2, 0) is 4.79 Å². The zero-order valence-electron chi connectivity index (χ0n) is 12.5. The molecule has 1 aliphatic rings. The van der Waals surface area contributed by atoms with E-state index in [0.717, 1.165) is 0 Å². The van der Waals surface area contributed by atoms with Crippen LogP contribution < -0.4 is 15.6 Å². The summed E-state index contributed by atoms with van der Waals surface area (Å²) in [6, 6.07) is 4.45. The molecule has 3 N–H and O–H groups in total. The van der Waals surface area contributed by atoms with Gasteiger partial charge in [-0.25, -0.2) is 10.1 Å². The van der Waals surface area contributed by atoms with Gasteiger partial charge in [0.1, 0.15) is 34.9 Å². The van der Waals surface area contributed by atoms with E-state index in [1.807, 2.05) is 0 Å². The van der Waals surface area contributed by atoms with Crippen LogP contribution in [0.2, 0.25) is 0 Å². The predicted octanol–water partition coefficient (Wildman–Crippen LogP) is 0.330. The highest BCUT2D eigenvalue weighted by Gasteiger charge is 2.43. The number of nitrogens with zero attached hydrogens (tertiary/aromatic N) is 3. The minimum atomic E-state index is -0.949. The molecule has 0 saturated heterocycles. The Hall–Kier alpha value is -2.70. The van der Waals surface area contributed by atoms with Gasteiger partial charge in [0.05, 0.1) is 12.1 Å². The fourth-order valence-corrected chi connectivity index (χ4v) is 2.51. The van der Waals surface area contributed by atoms with E-state index < -0.39 is 23.7 Å². The highest BCUT2D eigenvalue weighted by molar-refractivity contribution is 5.78. The smallest absolute Gasteiger partial charge is 0.248 e. The number of nitriles is 1. The number of benzene rings is 1. The third-order valence-electron chi connectivity index (χ3n) is 3.73. The number of hydrogen-bond acceptors (Lipinski definition) is 8. The number of aliphatic hydroxyl groups excluding tert-OH is 1. The molecule has 0 radical (unpaired) electrons. The van der Waals surface area contributed by atoms with Gasteiger partial charge < -0.3 is 9.84 Å². The van der Waals surface area contributed by atoms with Crippen molar-refractivity contribution in [3.63, 3.8) is 0 Å². The molecule has 1 amide bonds. The predicted molar refractivity (Wildman–Crippen MR) is 76.8 cm³/mol. The molecule has 2 heterocycles. The van der Waals surface area contributed by atoms with E-state index in [9.17, 15) is 9.90 Å². The molecule has 1 aromatic carbocycles. The van der Waals surface area contributed by atoms with Crippen molar-refractivity contribution < 1.29 is 19.3 Å². The lowest BCUT2D eigenvalue weighted by atomic mass is 9.87. The molecule has 120 valence electrons. The summed E-state index contributed by atoms with van der Waals surface area (Å²) >= 11 is 0. The Balaban J connectivity index is 1.96. The average molecular weight is 317 g/mol. The van der Waals surface area contributed by atoms with Crippen LogP contribution >= 0.6 is 0 Å². The van der Waals surface area contributed by atoms with E-state index >= 15 is 0 Å². The van der Waals surface area contributed by atoms with Gasteiger partial charge in [-0.2, -0.15) is 5.26 Å². The summed E-state index contributed by atoms with van der Waals surface area (Å²) < 4.78 is 10.5. The van der Waals surface area contributed by atoms with Crippen LogP contribution in [0.25, 0.3) is 11.0 Å². The molecule has 23 heavy (non-hydrogen) atoms. The summed E-state index contributed by atoms with van der Waals surface area (Å²) in [7, 11) is 0. The molecule has 1 aromatic heterocycles. The van der Waals surface area contributed by atoms with Gasteiger partial charge in [-0.3, -0.25) is 10.2 Å². The number of nitrogens with one attached hydrogen (secondary N) is 2. The number of amides is 1. The molecule has 3 rings (SSSR count). The van der Waals surface area contributed by atoms with Crippen molar-refractivity contribution in [2.75, 3.05) is 0 Å². The van der Waals surface area contributed by atoms with E-state index in [1.165, 1.54) is 0 Å². The van der Waals surface area contributed by atoms with Crippen LogP contribution in [0.15, 0.2) is 16.8 Å². The molecule has 0 fully saturated rings. The summed E-state index contributed by atoms with van der Waals surface area (Å²) in [5.41, 5.74) is 5.94. The highest BCUT2D eigenvalue weighted by atomic mass is 16.6. The zero-order valence-corrected chi connectivity index (χ0v) is 12.5. The molecular weight excluding hydrogens is 302 g/mol. The second kappa shape index (κ2) is 5.49. The summed E-state index contributed by atoms with van der Waals surface area (Å²) in [5, 5.41) is 26.6. The molecule has 2 aromatic rings. The number of fused-ring (bicyclic) bond motifs is 2. The largest absolute Gasteiger partial charge is 0.485 e. The van der Waals surface area contributed by atoms with Crippen molar-refractivity contribution in [3.8, 4) is 11.8 Å². The first-order valence-electron chi connectivity index (χ1n) is 6.97. The second-order valence-electron chi connectivity index (χ2n) is 5.80. The maximum atomic E-state index is 11.5. The van der Waals surface area contributed by atoms with Crippen molar-refractivity contribution in [1.82, 2.24) is 21.2 Å². The number of ether oxygens (including phenoxy) is 1. The summed E-state index contributed by atoms with van der Waals surface area (Å²) in [6.45, 7) is 3.47. The van der Waals surface area contributed by atoms with Gasteiger partial charge in [-0.15, -0.1) is 0 Å². The summed E-state index contributed by atoms with van der Waals surface area (Å²) in [6.07, 6.45) is -1.23. The standard InChI is InChI=1S/C14H15N5O4/c1-14(2)13(21)12(17-16-11(20)3-4-15)7-5-8-9(19-23-18-8)6-10(7)22-14/h5-6,12-13,17,21H,3H2,1-2H3,(H,16,20). The third kappa shape index (κ3) is 2.69. The number of carbonyl (C=O) groups is 1. The Morgan fingerprint density at radius 2 is 2.13 bits per heavy atom. The van der Waals surface area contributed by atoms with Gasteiger partial charge in [0.2, 0.25) is 5.91 Å². The van der Waals surface area contributed by atoms with Crippen LogP contribution in [0, 0.1) is 11.3 Å². The molecule has 0 saturated carbocycles. The van der Waals surface area contributed by atoms with Crippen LogP contribution in [0.1, 0.15) is 31.9 Å². The van der Waals surface area contributed by atoms with Crippen molar-refractivity contribution in [2.24, 2.45) is 0 Å². The fraction of sp³-hybridized carbons (Fsp3) is 0.429. The van der Waals surface area contributed by atoms with E-state index in [0.29, 0.717) is 22.3 Å². The van der Waals surface area contributed by atoms with Crippen LogP contribution in [-0.4, -0.2) is 33.0 Å². The Morgan fingerprint density at radius 1 is 1.43 bits per heavy atom. The first-order valence-corrected chi connectivity index (χ1v) is 6.97. The zero-order chi connectivity index (χ0) is 16.6. The average Bonchev–Trinajstić information content (AvgIpc) is 2.93. The number of aliphatic hydroxyl groups is 1. The van der Waals surface area contributed by atoms with Gasteiger partial charge in [0.15, 0.2) is 0 Å². The van der Waals surface area contributed by atoms with Crippen molar-refractivity contribution in [1.29, 1.82) is 5.26 Å². The molecule has 0 spiro atoms. The molecule has 1 aliphatic heterocycles. The quantitative estimate of drug-likeness (QED) is 0.690. The Labute approximate surface area is 131 Å². The molecular formula is C14H15N5O4. The number of rotatable bonds is 3. The minimum Gasteiger partial charge on any atom is -0.485 e. The molecule has 2 atom stereocenters. The number of carbonyl (C=O) groups excluding carboxylic acids is 1. The van der Waals surface area contributed by atoms with E-state index in [4.69, 9.17) is 10.00 Å². The molecule has 9 nitrogen and oxygen atoms in total. The Kier molecular flexibility index (Phi) is 3.63. The monoisotopic (exact) mass is 317 g/mol. The van der Waals surface area contributed by atoms with Gasteiger partial charge in [-0.05, 0) is 30.2 Å². The molecule has 9 heteroatoms. The first kappa shape index (κ1) is 15.2. The first-order chi connectivity index (χ1) is 10.9. The number of hydrogen-bond donors (Lipinski definition) is 3. The van der Waals surface area contributed by atoms with Crippen molar-refractivity contribution in [3.05, 3.63) is 17.7 Å². The van der Waals surface area contributed by atoms with E-state index in [-0.39, 0.29) is 6.42 Å². The molecule has 0 bridgehead atoms. The van der Waals surface area contributed by atoms with Gasteiger partial charge in [0.25, 0.3) is 0 Å². The van der Waals surface area contributed by atoms with Gasteiger partial charge in [-0.1, -0.05) is 0 Å². The lowest BCUT2D eigenvalue weighted by Crippen LogP contribution is -2.55. The lowest BCUT2D eigenvalue weighted by Gasteiger charge is -2.42. The summed E-state index contributed by atoms with van der Waals surface area (Å²) in [4.78, 5) is 11.5. The Morgan fingerprint density at radius 3 is 2.83 bits per heavy atom. The molecule has 2 unspecified atom stereocenters. The van der Waals surface area contributed by atoms with Crippen molar-refractivity contribution >= 4 is 16.9 Å². The number of aromatic nitrogens is 2. The normalized spacial score (nSPS) is 22.0. The maximum absolute atomic E-state index is 11.5. The van der Waals surface area contributed by atoms with Crippen LogP contribution in [0.3, 0.4) is 0 Å². The van der Waals surface area contributed by atoms with Crippen LogP contribution in [0.4, 0.5) is 0 Å². The second-order valence-corrected chi connectivity index (χ2v) is 5.80. The minimum absolute atomic E-state index is 0.283. The van der Waals surface area contributed by atoms with Gasteiger partial charge >= 0.3 is 0 Å². The van der Waals surface area contributed by atoms with E-state index in [2.05, 4.69) is 25.8 Å². The third-order valence-corrected chi connectivity index (χ3v) is 3.73. The van der Waals surface area contributed by atoms with Crippen LogP contribution in [0.5, 0.6) is 5.75 Å². The topological polar surface area (TPSA) is 133 Å². The van der Waals surface area contributed by atoms with Gasteiger partial charge in [0, 0.05) is 11.6 Å².